The van der Waals surface area contributed by atoms with Crippen molar-refractivity contribution < 1.29 is 5.11 Å². The number of hydrogen-bond acceptors (Lipinski definition) is 4. The van der Waals surface area contributed by atoms with Crippen molar-refractivity contribution in [1.82, 2.24) is 9.88 Å². The zero-order chi connectivity index (χ0) is 8.97. The molecule has 0 amide bonds. The topological polar surface area (TPSA) is 36.4 Å². The molecule has 0 spiro atoms. The molecule has 4 heteroatoms. The molecule has 1 heterocycles. The van der Waals surface area contributed by atoms with Gasteiger partial charge in [0, 0.05) is 17.6 Å². The second-order valence-corrected chi connectivity index (χ2v) is 3.85. The average Bonchev–Trinajstić information content (AvgIpc) is 2.55. The fourth-order valence-electron chi connectivity index (χ4n) is 0.840. The number of nitrogens with zero attached hydrogens (tertiary/aromatic N) is 2. The molecule has 1 unspecified atom stereocenters. The normalized spacial score (nSPS) is 13.7. The largest absolute Gasteiger partial charge is 0.395 e. The smallest absolute Gasteiger partial charge is 0.107 e. The first-order chi connectivity index (χ1) is 5.74. The van der Waals surface area contributed by atoms with Gasteiger partial charge in [-0.05, 0) is 14.0 Å². The van der Waals surface area contributed by atoms with Crippen LogP contribution in [0.4, 0.5) is 0 Å². The molecule has 0 saturated carbocycles. The van der Waals surface area contributed by atoms with Crippen molar-refractivity contribution in [2.24, 2.45) is 0 Å². The number of thiazole rings is 1. The number of aliphatic hydroxyl groups excluding tert-OH is 1. The van der Waals surface area contributed by atoms with E-state index < -0.39 is 0 Å². The van der Waals surface area contributed by atoms with Crippen molar-refractivity contribution in [3.05, 3.63) is 16.6 Å². The van der Waals surface area contributed by atoms with Gasteiger partial charge in [-0.3, -0.25) is 4.90 Å². The van der Waals surface area contributed by atoms with Gasteiger partial charge in [0.15, 0.2) is 0 Å². The van der Waals surface area contributed by atoms with E-state index in [2.05, 4.69) is 9.88 Å². The molecular formula is C8H14N2OS. The van der Waals surface area contributed by atoms with Gasteiger partial charge in [0.2, 0.25) is 0 Å². The lowest BCUT2D eigenvalue weighted by Crippen LogP contribution is -2.31. The standard InChI is InChI=1S/C8H14N2OS/c1-7(6-11)10(2)5-8-9-3-4-12-8/h3-4,7,11H,5-6H2,1-2H3. The molecule has 0 fully saturated rings. The van der Waals surface area contributed by atoms with Crippen LogP contribution in [0.1, 0.15) is 11.9 Å². The molecule has 0 aliphatic carbocycles. The van der Waals surface area contributed by atoms with E-state index >= 15 is 0 Å². The van der Waals surface area contributed by atoms with Crippen molar-refractivity contribution >= 4 is 11.3 Å². The van der Waals surface area contributed by atoms with E-state index in [-0.39, 0.29) is 12.6 Å². The number of rotatable bonds is 4. The Bertz CT molecular complexity index is 213. The summed E-state index contributed by atoms with van der Waals surface area (Å²) >= 11 is 1.64. The minimum absolute atomic E-state index is 0.196. The Morgan fingerprint density at radius 2 is 2.50 bits per heavy atom. The van der Waals surface area contributed by atoms with Gasteiger partial charge < -0.3 is 5.11 Å². The first kappa shape index (κ1) is 9.64. The summed E-state index contributed by atoms with van der Waals surface area (Å²) in [5.74, 6) is 0. The van der Waals surface area contributed by atoms with E-state index in [4.69, 9.17) is 5.11 Å². The molecule has 1 aromatic heterocycles. The van der Waals surface area contributed by atoms with Crippen LogP contribution < -0.4 is 0 Å². The molecule has 1 aromatic rings. The van der Waals surface area contributed by atoms with Crippen LogP contribution in [0.3, 0.4) is 0 Å². The van der Waals surface area contributed by atoms with E-state index in [0.29, 0.717) is 0 Å². The van der Waals surface area contributed by atoms with Gasteiger partial charge in [-0.25, -0.2) is 4.98 Å². The maximum Gasteiger partial charge on any atom is 0.107 e. The summed E-state index contributed by atoms with van der Waals surface area (Å²) in [6.07, 6.45) is 1.80. The first-order valence-corrected chi connectivity index (χ1v) is 4.81. The summed E-state index contributed by atoms with van der Waals surface area (Å²) in [7, 11) is 1.99. The zero-order valence-corrected chi connectivity index (χ0v) is 8.21. The van der Waals surface area contributed by atoms with E-state index in [1.54, 1.807) is 17.5 Å². The summed E-state index contributed by atoms with van der Waals surface area (Å²) in [5, 5.41) is 11.9. The van der Waals surface area contributed by atoms with Crippen LogP contribution in [0.25, 0.3) is 0 Å². The van der Waals surface area contributed by atoms with E-state index in [1.165, 1.54) is 0 Å². The molecule has 0 aromatic carbocycles. The highest BCUT2D eigenvalue weighted by Crippen LogP contribution is 2.08. The second kappa shape index (κ2) is 4.54. The van der Waals surface area contributed by atoms with Gasteiger partial charge in [-0.2, -0.15) is 0 Å². The minimum Gasteiger partial charge on any atom is -0.395 e. The molecule has 0 aliphatic heterocycles. The van der Waals surface area contributed by atoms with Crippen LogP contribution in [0.15, 0.2) is 11.6 Å². The predicted octanol–water partition coefficient (Wildman–Crippen LogP) is 0.956. The lowest BCUT2D eigenvalue weighted by molar-refractivity contribution is 0.154. The molecule has 0 bridgehead atoms. The monoisotopic (exact) mass is 186 g/mol. The van der Waals surface area contributed by atoms with Crippen LogP contribution in [0.5, 0.6) is 0 Å². The SMILES string of the molecule is CC(CO)N(C)Cc1nccs1. The molecule has 3 nitrogen and oxygen atoms in total. The molecule has 1 atom stereocenters. The Kier molecular flexibility index (Phi) is 3.65. The van der Waals surface area contributed by atoms with Gasteiger partial charge in [0.25, 0.3) is 0 Å². The summed E-state index contributed by atoms with van der Waals surface area (Å²) in [6, 6.07) is 0.203. The fourth-order valence-corrected chi connectivity index (χ4v) is 1.52. The number of hydrogen-bond donors (Lipinski definition) is 1. The molecule has 12 heavy (non-hydrogen) atoms. The van der Waals surface area contributed by atoms with Crippen molar-refractivity contribution in [2.45, 2.75) is 19.5 Å². The van der Waals surface area contributed by atoms with E-state index in [1.807, 2.05) is 19.4 Å². The van der Waals surface area contributed by atoms with Gasteiger partial charge in [0.1, 0.15) is 5.01 Å². The summed E-state index contributed by atoms with van der Waals surface area (Å²) in [5.41, 5.74) is 0. The Morgan fingerprint density at radius 1 is 1.75 bits per heavy atom. The van der Waals surface area contributed by atoms with E-state index in [9.17, 15) is 0 Å². The van der Waals surface area contributed by atoms with Gasteiger partial charge in [-0.1, -0.05) is 0 Å². The summed E-state index contributed by atoms with van der Waals surface area (Å²) < 4.78 is 0. The quantitative estimate of drug-likeness (QED) is 0.760. The molecule has 0 saturated heterocycles. The van der Waals surface area contributed by atoms with Crippen molar-refractivity contribution in [1.29, 1.82) is 0 Å². The van der Waals surface area contributed by atoms with Gasteiger partial charge in [0.05, 0.1) is 13.2 Å². The Balaban J connectivity index is 2.41. The highest BCUT2D eigenvalue weighted by atomic mass is 32.1. The first-order valence-electron chi connectivity index (χ1n) is 3.93. The maximum atomic E-state index is 8.88. The predicted molar refractivity (Wildman–Crippen MR) is 50.1 cm³/mol. The number of aliphatic hydroxyl groups is 1. The molecule has 68 valence electrons. The molecular weight excluding hydrogens is 172 g/mol. The lowest BCUT2D eigenvalue weighted by Gasteiger charge is -2.21. The number of likely N-dealkylation sites (N-methyl/N-ethyl adjacent to an activating group) is 1. The molecule has 1 N–H and O–H groups in total. The van der Waals surface area contributed by atoms with Gasteiger partial charge in [-0.15, -0.1) is 11.3 Å². The van der Waals surface area contributed by atoms with Crippen molar-refractivity contribution in [3.8, 4) is 0 Å². The van der Waals surface area contributed by atoms with Crippen molar-refractivity contribution in [3.63, 3.8) is 0 Å². The minimum atomic E-state index is 0.196. The molecule has 0 radical (unpaired) electrons. The highest BCUT2D eigenvalue weighted by molar-refractivity contribution is 7.09. The summed E-state index contributed by atoms with van der Waals surface area (Å²) in [6.45, 7) is 3.01. The highest BCUT2D eigenvalue weighted by Gasteiger charge is 2.08. The van der Waals surface area contributed by atoms with Crippen LogP contribution in [-0.2, 0) is 6.54 Å². The van der Waals surface area contributed by atoms with Crippen LogP contribution >= 0.6 is 11.3 Å². The van der Waals surface area contributed by atoms with Crippen molar-refractivity contribution in [2.75, 3.05) is 13.7 Å². The summed E-state index contributed by atoms with van der Waals surface area (Å²) in [4.78, 5) is 6.25. The molecule has 0 aliphatic rings. The third-order valence-corrected chi connectivity index (χ3v) is 2.65. The molecule has 1 rings (SSSR count). The van der Waals surface area contributed by atoms with Crippen LogP contribution in [0.2, 0.25) is 0 Å². The Morgan fingerprint density at radius 3 is 3.00 bits per heavy atom. The Labute approximate surface area is 76.7 Å². The third-order valence-electron chi connectivity index (χ3n) is 1.88. The third kappa shape index (κ3) is 2.55. The second-order valence-electron chi connectivity index (χ2n) is 2.87. The Hall–Kier alpha value is -0.450. The zero-order valence-electron chi connectivity index (χ0n) is 7.40. The fraction of sp³-hybridized carbons (Fsp3) is 0.625. The van der Waals surface area contributed by atoms with Crippen LogP contribution in [0, 0.1) is 0 Å². The number of aromatic nitrogens is 1. The van der Waals surface area contributed by atoms with Crippen LogP contribution in [-0.4, -0.2) is 34.7 Å². The van der Waals surface area contributed by atoms with E-state index in [0.717, 1.165) is 11.6 Å². The van der Waals surface area contributed by atoms with Gasteiger partial charge >= 0.3 is 0 Å². The average molecular weight is 186 g/mol. The maximum absolute atomic E-state index is 8.88. The lowest BCUT2D eigenvalue weighted by atomic mass is 10.3.